The zero-order valence-electron chi connectivity index (χ0n) is 7.81. The summed E-state index contributed by atoms with van der Waals surface area (Å²) in [5.41, 5.74) is 0. The van der Waals surface area contributed by atoms with Gasteiger partial charge in [-0.2, -0.15) is 0 Å². The van der Waals surface area contributed by atoms with E-state index in [1.165, 1.54) is 44.9 Å². The molecule has 0 aliphatic carbocycles. The topological polar surface area (TPSA) is 0 Å². The van der Waals surface area contributed by atoms with Crippen LogP contribution in [-0.2, 0) is 0 Å². The highest BCUT2D eigenvalue weighted by molar-refractivity contribution is 4.61. The van der Waals surface area contributed by atoms with E-state index in [0.717, 1.165) is 6.42 Å². The Morgan fingerprint density at radius 3 is 2.00 bits per heavy atom. The molecule has 0 amide bonds. The van der Waals surface area contributed by atoms with Crippen LogP contribution in [0, 0.1) is 6.58 Å². The normalized spacial score (nSPS) is 9.82. The second kappa shape index (κ2) is 9.65. The molecule has 11 heavy (non-hydrogen) atoms. The van der Waals surface area contributed by atoms with Gasteiger partial charge in [0.05, 0.1) is 0 Å². The third kappa shape index (κ3) is 9.65. The molecule has 0 bridgehead atoms. The van der Waals surface area contributed by atoms with Crippen molar-refractivity contribution in [1.82, 2.24) is 0 Å². The molecule has 0 aromatic heterocycles. The predicted molar refractivity (Wildman–Crippen MR) is 51.5 cm³/mol. The van der Waals surface area contributed by atoms with E-state index >= 15 is 0 Å². The lowest BCUT2D eigenvalue weighted by Crippen LogP contribution is -1.78. The van der Waals surface area contributed by atoms with Crippen molar-refractivity contribution in [2.45, 2.75) is 58.3 Å². The smallest absolute Gasteiger partial charge is 0.0654 e. The molecule has 0 N–H and O–H groups in total. The standard InChI is InChI=1S/C11H21/c1-3-5-7-9-11-10-8-6-4-2/h1,3H,4-11H2,2H3/q+1. The van der Waals surface area contributed by atoms with Crippen LogP contribution in [0.25, 0.3) is 0 Å². The molecule has 0 aliphatic heterocycles. The highest BCUT2D eigenvalue weighted by Crippen LogP contribution is 2.07. The Hall–Kier alpha value is -0.350. The SMILES string of the molecule is [CH+]=CCCCCCCCCC. The van der Waals surface area contributed by atoms with Gasteiger partial charge in [0.25, 0.3) is 0 Å². The van der Waals surface area contributed by atoms with Gasteiger partial charge in [0.2, 0.25) is 6.58 Å². The van der Waals surface area contributed by atoms with Crippen LogP contribution < -0.4 is 0 Å². The fraction of sp³-hybridized carbons (Fsp3) is 0.818. The van der Waals surface area contributed by atoms with Crippen LogP contribution in [-0.4, -0.2) is 0 Å². The molecule has 0 spiro atoms. The third-order valence-electron chi connectivity index (χ3n) is 1.97. The van der Waals surface area contributed by atoms with Gasteiger partial charge in [-0.05, 0) is 6.42 Å². The average molecular weight is 153 g/mol. The van der Waals surface area contributed by atoms with E-state index in [1.807, 2.05) is 0 Å². The average Bonchev–Trinajstić information content (AvgIpc) is 2.03. The van der Waals surface area contributed by atoms with E-state index in [-0.39, 0.29) is 0 Å². The molecule has 0 aromatic carbocycles. The van der Waals surface area contributed by atoms with E-state index in [0.29, 0.717) is 0 Å². The molecule has 0 atom stereocenters. The molecule has 64 valence electrons. The minimum atomic E-state index is 1.09. The lowest BCUT2D eigenvalue weighted by atomic mass is 10.1. The molecule has 0 saturated heterocycles. The van der Waals surface area contributed by atoms with Crippen LogP contribution in [0.2, 0.25) is 0 Å². The molecule has 0 heteroatoms. The maximum atomic E-state index is 5.27. The molecule has 0 aliphatic rings. The molecule has 0 radical (unpaired) electrons. The van der Waals surface area contributed by atoms with Crippen LogP contribution in [0.3, 0.4) is 0 Å². The molecular formula is C11H21+. The monoisotopic (exact) mass is 153 g/mol. The van der Waals surface area contributed by atoms with Crippen molar-refractivity contribution in [1.29, 1.82) is 0 Å². The van der Waals surface area contributed by atoms with Crippen molar-refractivity contribution in [2.75, 3.05) is 0 Å². The highest BCUT2D eigenvalue weighted by Gasteiger charge is 1.89. The second-order valence-electron chi connectivity index (χ2n) is 3.15. The van der Waals surface area contributed by atoms with Crippen molar-refractivity contribution in [3.05, 3.63) is 12.7 Å². The number of allylic oxidation sites excluding steroid dienone is 1. The van der Waals surface area contributed by atoms with Gasteiger partial charge in [0, 0.05) is 6.42 Å². The molecule has 0 rings (SSSR count). The van der Waals surface area contributed by atoms with Crippen molar-refractivity contribution >= 4 is 0 Å². The first kappa shape index (κ1) is 10.7. The molecule has 0 unspecified atom stereocenters. The van der Waals surface area contributed by atoms with Crippen LogP contribution in [0.4, 0.5) is 0 Å². The summed E-state index contributed by atoms with van der Waals surface area (Å²) < 4.78 is 0. The second-order valence-corrected chi connectivity index (χ2v) is 3.15. The van der Waals surface area contributed by atoms with Gasteiger partial charge < -0.3 is 0 Å². The van der Waals surface area contributed by atoms with Gasteiger partial charge in [-0.1, -0.05) is 45.4 Å². The molecular weight excluding hydrogens is 132 g/mol. The number of hydrogen-bond acceptors (Lipinski definition) is 0. The quantitative estimate of drug-likeness (QED) is 0.363. The zero-order valence-corrected chi connectivity index (χ0v) is 7.81. The minimum Gasteiger partial charge on any atom is -0.0654 e. The Kier molecular flexibility index (Phi) is 9.34. The minimum absolute atomic E-state index is 1.09. The molecule has 0 fully saturated rings. The fourth-order valence-corrected chi connectivity index (χ4v) is 1.22. The number of unbranched alkanes of at least 4 members (excludes halogenated alkanes) is 7. The van der Waals surface area contributed by atoms with E-state index in [1.54, 1.807) is 6.08 Å². The van der Waals surface area contributed by atoms with Crippen molar-refractivity contribution in [3.8, 4) is 0 Å². The summed E-state index contributed by atoms with van der Waals surface area (Å²) in [5.74, 6) is 0. The first-order chi connectivity index (χ1) is 5.41. The van der Waals surface area contributed by atoms with E-state index in [2.05, 4.69) is 6.92 Å². The summed E-state index contributed by atoms with van der Waals surface area (Å²) in [7, 11) is 0. The highest BCUT2D eigenvalue weighted by atomic mass is 13.9. The first-order valence-corrected chi connectivity index (χ1v) is 4.95. The van der Waals surface area contributed by atoms with Crippen molar-refractivity contribution in [2.24, 2.45) is 0 Å². The van der Waals surface area contributed by atoms with E-state index in [4.69, 9.17) is 6.58 Å². The molecule has 0 heterocycles. The van der Waals surface area contributed by atoms with Gasteiger partial charge in [-0.3, -0.25) is 0 Å². The maximum absolute atomic E-state index is 5.27. The summed E-state index contributed by atoms with van der Waals surface area (Å²) in [6.45, 7) is 7.52. The Bertz CT molecular complexity index is 74.1. The lowest BCUT2D eigenvalue weighted by molar-refractivity contribution is 0.592. The lowest BCUT2D eigenvalue weighted by Gasteiger charge is -1.97. The Morgan fingerprint density at radius 1 is 0.909 bits per heavy atom. The van der Waals surface area contributed by atoms with Gasteiger partial charge in [0.15, 0.2) is 6.08 Å². The van der Waals surface area contributed by atoms with E-state index in [9.17, 15) is 0 Å². The van der Waals surface area contributed by atoms with Crippen LogP contribution in [0.1, 0.15) is 58.3 Å². The fourth-order valence-electron chi connectivity index (χ4n) is 1.22. The number of rotatable bonds is 8. The Labute approximate surface area is 71.7 Å². The third-order valence-corrected chi connectivity index (χ3v) is 1.97. The van der Waals surface area contributed by atoms with Crippen LogP contribution >= 0.6 is 0 Å². The summed E-state index contributed by atoms with van der Waals surface area (Å²) in [6, 6.07) is 0. The number of hydrogen-bond donors (Lipinski definition) is 0. The van der Waals surface area contributed by atoms with Crippen molar-refractivity contribution in [3.63, 3.8) is 0 Å². The molecule has 0 aromatic rings. The van der Waals surface area contributed by atoms with Gasteiger partial charge in [-0.25, -0.2) is 0 Å². The summed E-state index contributed by atoms with van der Waals surface area (Å²) >= 11 is 0. The van der Waals surface area contributed by atoms with Gasteiger partial charge in [0.1, 0.15) is 0 Å². The summed E-state index contributed by atoms with van der Waals surface area (Å²) in [6.07, 6.45) is 12.5. The first-order valence-electron chi connectivity index (χ1n) is 4.95. The van der Waals surface area contributed by atoms with Gasteiger partial charge >= 0.3 is 0 Å². The molecule has 0 saturated carbocycles. The summed E-state index contributed by atoms with van der Waals surface area (Å²) in [5, 5.41) is 0. The summed E-state index contributed by atoms with van der Waals surface area (Å²) in [4.78, 5) is 0. The van der Waals surface area contributed by atoms with Crippen LogP contribution in [0.15, 0.2) is 6.08 Å². The van der Waals surface area contributed by atoms with Crippen LogP contribution in [0.5, 0.6) is 0 Å². The van der Waals surface area contributed by atoms with Crippen molar-refractivity contribution < 1.29 is 0 Å². The predicted octanol–water partition coefficient (Wildman–Crippen LogP) is 4.12. The Balaban J connectivity index is 2.74. The molecule has 0 nitrogen and oxygen atoms in total. The zero-order chi connectivity index (χ0) is 8.36. The maximum Gasteiger partial charge on any atom is 0.201 e. The van der Waals surface area contributed by atoms with E-state index < -0.39 is 0 Å². The van der Waals surface area contributed by atoms with Gasteiger partial charge in [-0.15, -0.1) is 0 Å². The Morgan fingerprint density at radius 2 is 1.45 bits per heavy atom. The largest absolute Gasteiger partial charge is 0.201 e.